The number of nitrogens with zero attached hydrogens (tertiary/aromatic N) is 3. The Labute approximate surface area is 146 Å². The van der Waals surface area contributed by atoms with Crippen LogP contribution < -0.4 is 21.5 Å². The molecule has 1 heterocycles. The van der Waals surface area contributed by atoms with Gasteiger partial charge in [-0.2, -0.15) is 0 Å². The minimum absolute atomic E-state index is 0. The fourth-order valence-corrected chi connectivity index (χ4v) is 2.63. The van der Waals surface area contributed by atoms with Crippen LogP contribution in [0.3, 0.4) is 0 Å². The van der Waals surface area contributed by atoms with Crippen molar-refractivity contribution in [2.45, 2.75) is 20.4 Å². The second-order valence-electron chi connectivity index (χ2n) is 5.66. The molecular weight excluding hydrogens is 357 g/mol. The van der Waals surface area contributed by atoms with Crippen molar-refractivity contribution in [2.24, 2.45) is 7.05 Å². The van der Waals surface area contributed by atoms with Crippen molar-refractivity contribution in [2.75, 3.05) is 0 Å². The highest BCUT2D eigenvalue weighted by Gasteiger charge is 2.19. The molecule has 1 aromatic heterocycles. The van der Waals surface area contributed by atoms with E-state index in [9.17, 15) is 4.39 Å². The maximum Gasteiger partial charge on any atom is 0.311 e. The topological polar surface area (TPSA) is 21.7 Å². The smallest absolute Gasteiger partial charge is 0.311 e. The van der Waals surface area contributed by atoms with E-state index in [0.717, 1.165) is 0 Å². The van der Waals surface area contributed by atoms with Crippen LogP contribution in [0.2, 0.25) is 0 Å². The van der Waals surface area contributed by atoms with Crippen molar-refractivity contribution < 1.29 is 25.9 Å². The molecule has 0 amide bonds. The maximum absolute atomic E-state index is 13.9. The van der Waals surface area contributed by atoms with Gasteiger partial charge >= 0.3 is 5.82 Å². The fourth-order valence-electron chi connectivity index (χ4n) is 2.63. The molecule has 3 rings (SSSR count). The van der Waals surface area contributed by atoms with Crippen molar-refractivity contribution in [3.05, 3.63) is 71.3 Å². The quantitative estimate of drug-likeness (QED) is 0.598. The molecule has 23 heavy (non-hydrogen) atoms. The highest BCUT2D eigenvalue weighted by Crippen LogP contribution is 2.17. The average Bonchev–Trinajstić information content (AvgIpc) is 2.83. The van der Waals surface area contributed by atoms with Gasteiger partial charge in [-0.15, -0.1) is 4.68 Å². The molecule has 3 aromatic rings. The second kappa shape index (κ2) is 7.04. The lowest BCUT2D eigenvalue weighted by atomic mass is 10.1. The van der Waals surface area contributed by atoms with Crippen LogP contribution in [0.15, 0.2) is 48.8 Å². The van der Waals surface area contributed by atoms with E-state index in [1.165, 1.54) is 22.8 Å². The number of hydrogen-bond acceptors (Lipinski definition) is 1. The third kappa shape index (κ3) is 3.67. The molecule has 0 spiro atoms. The monoisotopic (exact) mass is 375 g/mol. The van der Waals surface area contributed by atoms with Gasteiger partial charge in [0.2, 0.25) is 6.33 Å². The van der Waals surface area contributed by atoms with Gasteiger partial charge in [-0.3, -0.25) is 0 Å². The summed E-state index contributed by atoms with van der Waals surface area (Å²) in [6.45, 7) is 4.86. The lowest BCUT2D eigenvalue weighted by Gasteiger charge is -2.03. The van der Waals surface area contributed by atoms with Gasteiger partial charge in [0.15, 0.2) is 0 Å². The van der Waals surface area contributed by atoms with Crippen molar-refractivity contribution >= 4 is 0 Å². The molecule has 0 atom stereocenters. The third-order valence-electron chi connectivity index (χ3n) is 3.81. The van der Waals surface area contributed by atoms with Crippen molar-refractivity contribution in [1.82, 2.24) is 9.78 Å². The fraction of sp³-hybridized carbons (Fsp3) is 0.222. The van der Waals surface area contributed by atoms with Crippen molar-refractivity contribution in [1.29, 1.82) is 0 Å². The van der Waals surface area contributed by atoms with Crippen LogP contribution in [-0.4, -0.2) is 9.78 Å². The summed E-state index contributed by atoms with van der Waals surface area (Å²) in [7, 11) is 1.88. The molecule has 0 saturated heterocycles. The van der Waals surface area contributed by atoms with E-state index < -0.39 is 0 Å². The molecule has 0 aliphatic rings. The SMILES string of the molecule is Cc1ccc(Cn2c[n+](C)c(-c3ccccc3F)n2)c(C)c1.[Br-]. The highest BCUT2D eigenvalue weighted by atomic mass is 79.9. The van der Waals surface area contributed by atoms with E-state index in [2.05, 4.69) is 37.1 Å². The van der Waals surface area contributed by atoms with E-state index >= 15 is 0 Å². The molecule has 0 aliphatic carbocycles. The Morgan fingerprint density at radius 1 is 1.13 bits per heavy atom. The van der Waals surface area contributed by atoms with Gasteiger partial charge in [-0.25, -0.2) is 8.96 Å². The number of aryl methyl sites for hydroxylation is 3. The molecule has 3 nitrogen and oxygen atoms in total. The molecule has 0 radical (unpaired) electrons. The Morgan fingerprint density at radius 2 is 1.87 bits per heavy atom. The number of hydrogen-bond donors (Lipinski definition) is 0. The summed E-state index contributed by atoms with van der Waals surface area (Å²) < 4.78 is 17.6. The Morgan fingerprint density at radius 3 is 2.57 bits per heavy atom. The van der Waals surface area contributed by atoms with Crippen LogP contribution in [-0.2, 0) is 13.6 Å². The van der Waals surface area contributed by atoms with Gasteiger partial charge in [-0.05, 0) is 37.1 Å². The van der Waals surface area contributed by atoms with Crippen LogP contribution in [0.5, 0.6) is 0 Å². The summed E-state index contributed by atoms with van der Waals surface area (Å²) in [4.78, 5) is 0. The van der Waals surface area contributed by atoms with Gasteiger partial charge in [0.05, 0.1) is 12.6 Å². The summed E-state index contributed by atoms with van der Waals surface area (Å²) in [5, 5.41) is 4.54. The molecule has 0 fully saturated rings. The van der Waals surface area contributed by atoms with Gasteiger partial charge in [-0.1, -0.05) is 35.9 Å². The lowest BCUT2D eigenvalue weighted by molar-refractivity contribution is -0.661. The minimum atomic E-state index is -0.255. The zero-order chi connectivity index (χ0) is 15.7. The molecule has 0 aliphatic heterocycles. The summed E-state index contributed by atoms with van der Waals surface area (Å²) >= 11 is 0. The first-order chi connectivity index (χ1) is 10.5. The van der Waals surface area contributed by atoms with E-state index in [4.69, 9.17) is 0 Å². The maximum atomic E-state index is 13.9. The van der Waals surface area contributed by atoms with Gasteiger partial charge in [0.25, 0.3) is 0 Å². The van der Waals surface area contributed by atoms with E-state index in [1.807, 2.05) is 28.7 Å². The Bertz CT molecular complexity index is 827. The standard InChI is InChI=1S/C18H19FN3.BrH/c1-13-8-9-15(14(2)10-13)11-22-12-21(3)18(20-22)16-6-4-5-7-17(16)19;/h4-10,12H,11H2,1-3H3;1H/q+1;/p-1. The number of halogens is 2. The molecular formula is C18H19BrFN3. The van der Waals surface area contributed by atoms with Gasteiger partial charge < -0.3 is 17.0 Å². The molecule has 2 aromatic carbocycles. The first-order valence-corrected chi connectivity index (χ1v) is 7.28. The second-order valence-corrected chi connectivity index (χ2v) is 5.66. The average molecular weight is 376 g/mol. The largest absolute Gasteiger partial charge is 1.00 e. The van der Waals surface area contributed by atoms with Crippen LogP contribution >= 0.6 is 0 Å². The Hall–Kier alpha value is -2.01. The predicted molar refractivity (Wildman–Crippen MR) is 83.8 cm³/mol. The normalized spacial score (nSPS) is 10.4. The zero-order valence-corrected chi connectivity index (χ0v) is 15.0. The minimum Gasteiger partial charge on any atom is -1.00 e. The zero-order valence-electron chi connectivity index (χ0n) is 13.4. The van der Waals surface area contributed by atoms with Gasteiger partial charge in [0, 0.05) is 5.10 Å². The lowest BCUT2D eigenvalue weighted by Crippen LogP contribution is -3.00. The number of rotatable bonds is 3. The summed E-state index contributed by atoms with van der Waals surface area (Å²) in [5.74, 6) is 0.373. The summed E-state index contributed by atoms with van der Waals surface area (Å²) in [6, 6.07) is 13.1. The Balaban J connectivity index is 0.00000192. The van der Waals surface area contributed by atoms with E-state index in [0.29, 0.717) is 17.9 Å². The van der Waals surface area contributed by atoms with Crippen LogP contribution in [0.4, 0.5) is 4.39 Å². The molecule has 5 heteroatoms. The molecule has 0 N–H and O–H groups in total. The van der Waals surface area contributed by atoms with Crippen molar-refractivity contribution in [3.63, 3.8) is 0 Å². The first-order valence-electron chi connectivity index (χ1n) is 7.28. The third-order valence-corrected chi connectivity index (χ3v) is 3.81. The van der Waals surface area contributed by atoms with Crippen molar-refractivity contribution in [3.8, 4) is 11.4 Å². The van der Waals surface area contributed by atoms with E-state index in [-0.39, 0.29) is 22.8 Å². The Kier molecular flexibility index (Phi) is 5.31. The predicted octanol–water partition coefficient (Wildman–Crippen LogP) is 0.183. The molecule has 0 bridgehead atoms. The van der Waals surface area contributed by atoms with Crippen LogP contribution in [0.1, 0.15) is 16.7 Å². The summed E-state index contributed by atoms with van der Waals surface area (Å²) in [6.07, 6.45) is 1.89. The van der Waals surface area contributed by atoms with Crippen LogP contribution in [0, 0.1) is 19.7 Å². The highest BCUT2D eigenvalue weighted by molar-refractivity contribution is 5.52. The first kappa shape index (κ1) is 17.3. The van der Waals surface area contributed by atoms with Crippen LogP contribution in [0.25, 0.3) is 11.4 Å². The molecule has 0 saturated carbocycles. The van der Waals surface area contributed by atoms with E-state index in [1.54, 1.807) is 12.1 Å². The summed E-state index contributed by atoms with van der Waals surface area (Å²) in [5.41, 5.74) is 4.23. The number of benzene rings is 2. The number of aromatic nitrogens is 3. The molecule has 0 unspecified atom stereocenters. The molecule has 120 valence electrons. The van der Waals surface area contributed by atoms with Gasteiger partial charge in [0.1, 0.15) is 12.4 Å².